The Morgan fingerprint density at radius 3 is 2.88 bits per heavy atom. The van der Waals surface area contributed by atoms with Crippen molar-refractivity contribution < 1.29 is 9.53 Å². The van der Waals surface area contributed by atoms with Gasteiger partial charge in [0.2, 0.25) is 5.91 Å². The number of rotatable bonds is 3. The SMILES string of the molecule is COc1cc(C)c2[nH]cc(CC(N)=O)c2c1. The maximum Gasteiger partial charge on any atom is 0.221 e. The van der Waals surface area contributed by atoms with Crippen LogP contribution in [0, 0.1) is 6.92 Å². The molecule has 2 rings (SSSR count). The molecule has 0 saturated carbocycles. The van der Waals surface area contributed by atoms with Crippen LogP contribution in [0.2, 0.25) is 0 Å². The molecule has 0 fully saturated rings. The summed E-state index contributed by atoms with van der Waals surface area (Å²) in [5.74, 6) is 0.455. The number of benzene rings is 1. The van der Waals surface area contributed by atoms with Gasteiger partial charge in [0.1, 0.15) is 5.75 Å². The second kappa shape index (κ2) is 3.89. The number of aromatic nitrogens is 1. The lowest BCUT2D eigenvalue weighted by molar-refractivity contribution is -0.117. The van der Waals surface area contributed by atoms with E-state index >= 15 is 0 Å². The number of methoxy groups -OCH3 is 1. The van der Waals surface area contributed by atoms with Crippen molar-refractivity contribution in [3.05, 3.63) is 29.5 Å². The van der Waals surface area contributed by atoms with E-state index in [0.29, 0.717) is 0 Å². The Labute approximate surface area is 93.4 Å². The fourth-order valence-corrected chi connectivity index (χ4v) is 1.89. The number of amides is 1. The monoisotopic (exact) mass is 218 g/mol. The van der Waals surface area contributed by atoms with Crippen molar-refractivity contribution >= 4 is 16.8 Å². The summed E-state index contributed by atoms with van der Waals surface area (Å²) in [6.07, 6.45) is 2.06. The van der Waals surface area contributed by atoms with Crippen molar-refractivity contribution in [1.29, 1.82) is 0 Å². The maximum atomic E-state index is 10.9. The fourth-order valence-electron chi connectivity index (χ4n) is 1.89. The number of H-pyrrole nitrogens is 1. The number of hydrogen-bond donors (Lipinski definition) is 2. The predicted molar refractivity (Wildman–Crippen MR) is 62.5 cm³/mol. The molecule has 0 aliphatic rings. The zero-order chi connectivity index (χ0) is 11.7. The molecule has 16 heavy (non-hydrogen) atoms. The summed E-state index contributed by atoms with van der Waals surface area (Å²) in [6.45, 7) is 2.00. The van der Waals surface area contributed by atoms with Crippen LogP contribution in [0.3, 0.4) is 0 Å². The van der Waals surface area contributed by atoms with Gasteiger partial charge in [0.25, 0.3) is 0 Å². The van der Waals surface area contributed by atoms with Crippen molar-refractivity contribution in [3.8, 4) is 5.75 Å². The zero-order valence-electron chi connectivity index (χ0n) is 9.33. The summed E-state index contributed by atoms with van der Waals surface area (Å²) in [6, 6.07) is 3.87. The van der Waals surface area contributed by atoms with E-state index in [2.05, 4.69) is 4.98 Å². The molecule has 0 bridgehead atoms. The molecule has 0 atom stereocenters. The highest BCUT2D eigenvalue weighted by Gasteiger charge is 2.09. The largest absolute Gasteiger partial charge is 0.497 e. The lowest BCUT2D eigenvalue weighted by Crippen LogP contribution is -2.13. The summed E-state index contributed by atoms with van der Waals surface area (Å²) in [7, 11) is 1.63. The van der Waals surface area contributed by atoms with Crippen molar-refractivity contribution in [2.45, 2.75) is 13.3 Å². The first kappa shape index (κ1) is 10.5. The Morgan fingerprint density at radius 1 is 1.50 bits per heavy atom. The van der Waals surface area contributed by atoms with E-state index in [1.807, 2.05) is 25.3 Å². The molecule has 4 heteroatoms. The van der Waals surface area contributed by atoms with Crippen LogP contribution in [0.25, 0.3) is 10.9 Å². The van der Waals surface area contributed by atoms with Crippen LogP contribution in [-0.2, 0) is 11.2 Å². The number of aryl methyl sites for hydroxylation is 1. The van der Waals surface area contributed by atoms with Gasteiger partial charge >= 0.3 is 0 Å². The number of aromatic amines is 1. The number of nitrogens with one attached hydrogen (secondary N) is 1. The van der Waals surface area contributed by atoms with Crippen LogP contribution in [0.5, 0.6) is 5.75 Å². The quantitative estimate of drug-likeness (QED) is 0.820. The second-order valence-corrected chi connectivity index (χ2v) is 3.82. The Hall–Kier alpha value is -1.97. The molecule has 1 aromatic heterocycles. The lowest BCUT2D eigenvalue weighted by Gasteiger charge is -2.03. The summed E-state index contributed by atoms with van der Waals surface area (Å²) in [4.78, 5) is 14.1. The Balaban J connectivity index is 2.60. The number of carbonyl (C=O) groups excluding carboxylic acids is 1. The number of ether oxygens (including phenoxy) is 1. The van der Waals surface area contributed by atoms with E-state index in [1.165, 1.54) is 0 Å². The first-order valence-electron chi connectivity index (χ1n) is 5.04. The average molecular weight is 218 g/mol. The molecule has 4 nitrogen and oxygen atoms in total. The highest BCUT2D eigenvalue weighted by Crippen LogP contribution is 2.27. The predicted octanol–water partition coefficient (Wildman–Crippen LogP) is 1.51. The molecule has 3 N–H and O–H groups in total. The molecule has 0 radical (unpaired) electrons. The first-order valence-corrected chi connectivity index (χ1v) is 5.04. The average Bonchev–Trinajstić information content (AvgIpc) is 2.61. The molecule has 0 spiro atoms. The second-order valence-electron chi connectivity index (χ2n) is 3.82. The molecule has 1 aromatic carbocycles. The van der Waals surface area contributed by atoms with E-state index in [-0.39, 0.29) is 12.3 Å². The van der Waals surface area contributed by atoms with Gasteiger partial charge in [0, 0.05) is 17.1 Å². The number of hydrogen-bond acceptors (Lipinski definition) is 2. The Morgan fingerprint density at radius 2 is 2.25 bits per heavy atom. The van der Waals surface area contributed by atoms with E-state index < -0.39 is 0 Å². The van der Waals surface area contributed by atoms with Gasteiger partial charge in [-0.05, 0) is 30.2 Å². The van der Waals surface area contributed by atoms with Crippen molar-refractivity contribution in [1.82, 2.24) is 4.98 Å². The number of fused-ring (bicyclic) bond motifs is 1. The van der Waals surface area contributed by atoms with Gasteiger partial charge in [-0.1, -0.05) is 0 Å². The van der Waals surface area contributed by atoms with Crippen molar-refractivity contribution in [2.24, 2.45) is 5.73 Å². The summed E-state index contributed by atoms with van der Waals surface area (Å²) in [5, 5.41) is 0.996. The fraction of sp³-hybridized carbons (Fsp3) is 0.250. The molecular formula is C12H14N2O2. The number of nitrogens with two attached hydrogens (primary N) is 1. The van der Waals surface area contributed by atoms with Gasteiger partial charge in [-0.15, -0.1) is 0 Å². The van der Waals surface area contributed by atoms with Gasteiger partial charge in [-0.25, -0.2) is 0 Å². The maximum absolute atomic E-state index is 10.9. The molecule has 0 unspecified atom stereocenters. The topological polar surface area (TPSA) is 68.1 Å². The first-order chi connectivity index (χ1) is 7.61. The summed E-state index contributed by atoms with van der Waals surface area (Å²) in [5.41, 5.74) is 8.22. The molecule has 0 saturated heterocycles. The highest BCUT2D eigenvalue weighted by molar-refractivity contribution is 5.91. The zero-order valence-corrected chi connectivity index (χ0v) is 9.33. The van der Waals surface area contributed by atoms with Crippen molar-refractivity contribution in [2.75, 3.05) is 7.11 Å². The molecule has 0 aliphatic heterocycles. The third-order valence-electron chi connectivity index (χ3n) is 2.65. The van der Waals surface area contributed by atoms with E-state index in [4.69, 9.17) is 10.5 Å². The van der Waals surface area contributed by atoms with Crippen LogP contribution in [0.4, 0.5) is 0 Å². The van der Waals surface area contributed by atoms with E-state index in [0.717, 1.165) is 27.8 Å². The molecule has 84 valence electrons. The van der Waals surface area contributed by atoms with E-state index in [1.54, 1.807) is 7.11 Å². The summed E-state index contributed by atoms with van der Waals surface area (Å²) < 4.78 is 5.20. The Kier molecular flexibility index (Phi) is 2.56. The minimum absolute atomic E-state index is 0.243. The number of primary amides is 1. The number of carbonyl (C=O) groups is 1. The smallest absolute Gasteiger partial charge is 0.221 e. The molecule has 0 aliphatic carbocycles. The molecular weight excluding hydrogens is 204 g/mol. The summed E-state index contributed by atoms with van der Waals surface area (Å²) >= 11 is 0. The van der Waals surface area contributed by atoms with E-state index in [9.17, 15) is 4.79 Å². The molecule has 2 aromatic rings. The van der Waals surface area contributed by atoms with Gasteiger partial charge in [0.05, 0.1) is 13.5 Å². The van der Waals surface area contributed by atoms with Crippen LogP contribution < -0.4 is 10.5 Å². The molecule has 1 heterocycles. The molecule has 1 amide bonds. The highest BCUT2D eigenvalue weighted by atomic mass is 16.5. The lowest BCUT2D eigenvalue weighted by atomic mass is 10.1. The third-order valence-corrected chi connectivity index (χ3v) is 2.65. The third kappa shape index (κ3) is 1.74. The Bertz CT molecular complexity index is 543. The van der Waals surface area contributed by atoms with Gasteiger partial charge in [-0.2, -0.15) is 0 Å². The van der Waals surface area contributed by atoms with Crippen LogP contribution in [-0.4, -0.2) is 18.0 Å². The van der Waals surface area contributed by atoms with Gasteiger partial charge in [0.15, 0.2) is 0 Å². The minimum Gasteiger partial charge on any atom is -0.497 e. The van der Waals surface area contributed by atoms with Gasteiger partial charge < -0.3 is 15.5 Å². The van der Waals surface area contributed by atoms with Crippen LogP contribution in [0.15, 0.2) is 18.3 Å². The van der Waals surface area contributed by atoms with Crippen LogP contribution in [0.1, 0.15) is 11.1 Å². The minimum atomic E-state index is -0.332. The van der Waals surface area contributed by atoms with Crippen molar-refractivity contribution in [3.63, 3.8) is 0 Å². The standard InChI is InChI=1S/C12H14N2O2/c1-7-3-9(16-2)5-10-8(4-11(13)15)6-14-12(7)10/h3,5-6,14H,4H2,1-2H3,(H2,13,15). The normalized spacial score (nSPS) is 10.6. The van der Waals surface area contributed by atoms with Gasteiger partial charge in [-0.3, -0.25) is 4.79 Å². The van der Waals surface area contributed by atoms with Crippen LogP contribution >= 0.6 is 0 Å².